The lowest BCUT2D eigenvalue weighted by molar-refractivity contribution is -0.124. The van der Waals surface area contributed by atoms with Crippen LogP contribution in [0.2, 0.25) is 0 Å². The van der Waals surface area contributed by atoms with Crippen LogP contribution in [0.4, 0.5) is 21.5 Å². The number of sulfonamides is 2. The van der Waals surface area contributed by atoms with Crippen molar-refractivity contribution in [3.8, 4) is 72.7 Å². The third kappa shape index (κ3) is 21.6. The molecule has 26 heteroatoms. The van der Waals surface area contributed by atoms with Gasteiger partial charge in [-0.1, -0.05) is 158 Å². The van der Waals surface area contributed by atoms with Gasteiger partial charge in [-0.15, -0.1) is 11.3 Å². The molecule has 0 bridgehead atoms. The number of fused-ring (bicyclic) bond motifs is 5. The van der Waals surface area contributed by atoms with Gasteiger partial charge in [0.05, 0.1) is 47.0 Å². The Morgan fingerprint density at radius 1 is 0.466 bits per heavy atom. The van der Waals surface area contributed by atoms with Crippen molar-refractivity contribution >= 4 is 88.5 Å². The number of nitrogens with two attached hydrogens (primary N) is 2. The Kier molecular flexibility index (Phi) is 28.0. The van der Waals surface area contributed by atoms with E-state index < -0.39 is 26.0 Å². The zero-order valence-corrected chi connectivity index (χ0v) is 74.5. The van der Waals surface area contributed by atoms with E-state index in [0.29, 0.717) is 30.9 Å². The summed E-state index contributed by atoms with van der Waals surface area (Å²) in [5.41, 5.74) is 26.5. The number of primary sulfonamides is 2. The number of benzene rings is 10. The minimum atomic E-state index is -3.69. The summed E-state index contributed by atoms with van der Waals surface area (Å²) >= 11 is 1.72. The van der Waals surface area contributed by atoms with Crippen molar-refractivity contribution in [2.75, 3.05) is 55.7 Å². The predicted molar refractivity (Wildman–Crippen MR) is 515 cm³/mol. The number of aromatic nitrogens is 5. The number of ether oxygens (including phenoxy) is 3. The van der Waals surface area contributed by atoms with E-state index in [4.69, 9.17) is 34.1 Å². The fourth-order valence-corrected chi connectivity index (χ4v) is 18.4. The maximum Gasteiger partial charge on any atom is 0.267 e. The van der Waals surface area contributed by atoms with Gasteiger partial charge in [-0.05, 0) is 225 Å². The maximum atomic E-state index is 13.3. The number of aldehydes is 1. The highest BCUT2D eigenvalue weighted by atomic mass is 32.2. The van der Waals surface area contributed by atoms with Crippen LogP contribution >= 0.6 is 11.3 Å². The minimum absolute atomic E-state index is 0.111. The average Bonchev–Trinajstić information content (AvgIpc) is 1.66. The lowest BCUT2D eigenvalue weighted by Crippen LogP contribution is -2.20. The van der Waals surface area contributed by atoms with Crippen LogP contribution in [0, 0.1) is 5.82 Å². The normalized spacial score (nSPS) is 12.5. The Labute approximate surface area is 763 Å². The summed E-state index contributed by atoms with van der Waals surface area (Å²) in [7, 11) is -2.32. The van der Waals surface area contributed by atoms with Gasteiger partial charge in [-0.25, -0.2) is 37.0 Å². The minimum Gasteiger partial charge on any atom is -0.497 e. The predicted octanol–water partition coefficient (Wildman–Crippen LogP) is 20.1. The van der Waals surface area contributed by atoms with Gasteiger partial charge in [0.2, 0.25) is 20.0 Å². The van der Waals surface area contributed by atoms with Crippen molar-refractivity contribution in [3.05, 3.63) is 395 Å². The number of hydrogen-bond donors (Lipinski definition) is 4. The number of rotatable bonds is 23. The van der Waals surface area contributed by atoms with Crippen molar-refractivity contribution in [1.29, 1.82) is 0 Å². The topological polar surface area (TPSA) is 286 Å². The molecule has 0 spiro atoms. The number of hydrogen-bond acceptors (Lipinski definition) is 18. The number of carbonyl (C=O) groups excluding carboxylic acids is 2. The molecule has 22 nitrogen and oxygen atoms in total. The number of furan rings is 1. The number of thiophene rings is 1. The number of nitrogens with zero attached hydrogens (tertiary/aromatic N) is 8. The summed E-state index contributed by atoms with van der Waals surface area (Å²) in [6, 6.07) is 91.4. The number of methoxy groups -OCH3 is 3. The van der Waals surface area contributed by atoms with E-state index in [1.165, 1.54) is 96.4 Å². The third-order valence-electron chi connectivity index (χ3n) is 23.1. The van der Waals surface area contributed by atoms with Gasteiger partial charge >= 0.3 is 0 Å². The number of anilines is 3. The van der Waals surface area contributed by atoms with E-state index >= 15 is 0 Å². The summed E-state index contributed by atoms with van der Waals surface area (Å²) in [6.07, 6.45) is 18.1. The number of hydroxylamine groups is 1. The van der Waals surface area contributed by atoms with E-state index in [-0.39, 0.29) is 15.6 Å². The molecule has 660 valence electrons. The van der Waals surface area contributed by atoms with Crippen molar-refractivity contribution < 1.29 is 54.7 Å². The standard InChI is InChI=1S/C25H24N2O3.C21H19FN2O2S.C20H19N3O2S.C20H16N2O3.C19H16N2OS/c1-30-22-12-7-19(8-13-22)17-27-16-15-21-3-2-4-23(25(21)27)20-10-5-18(6-11-20)9-14-24(28)26-29;22-18-8-6-16(7-9-18)20-3-1-2-17-12-13-24(21(17)20)14-15-4-10-19(11-5-15)27(23,25)26;21-26(24,25)18-6-4-15(5-7-18)14-23-13-10-17-2-1-3-19(20(17)23)16-8-11-22-12-9-16;1-24-16-4-2-14(3-5-16)12-22-11-9-15-8-10-21-19(20(15)22)18-7-6-17(13-23)25-18;1-22-16-6-4-14(5-7-16)13-21-11-9-15-8-10-20-18(19(15)21)17-3-2-12-23-17/h2-14,29H,15-17H2,1H3,(H,26,28);1-11H,12-14H2,(H2,23,25,26);1-9,11-12H,10,13-14H2,(H2,21,24,25);2-11,13H,12H2,1H3;2-12H,13H2,1H3/b14-9+;;;;. The third-order valence-corrected chi connectivity index (χ3v) is 25.8. The number of halogens is 1. The number of amides is 1. The molecule has 3 aliphatic heterocycles. The van der Waals surface area contributed by atoms with Crippen LogP contribution in [0.5, 0.6) is 17.2 Å². The first kappa shape index (κ1) is 89.5. The van der Waals surface area contributed by atoms with Gasteiger partial charge in [-0.2, -0.15) is 0 Å². The van der Waals surface area contributed by atoms with E-state index in [9.17, 15) is 30.8 Å². The second-order valence-electron chi connectivity index (χ2n) is 31.4. The van der Waals surface area contributed by atoms with Crippen LogP contribution < -0.4 is 44.7 Å². The molecule has 3 aliphatic rings. The van der Waals surface area contributed by atoms with Crippen molar-refractivity contribution in [2.45, 2.75) is 61.8 Å². The molecule has 0 saturated heterocycles. The Hall–Kier alpha value is -14.9. The Bertz CT molecular complexity index is 7110. The van der Waals surface area contributed by atoms with Crippen molar-refractivity contribution in [3.63, 3.8) is 0 Å². The van der Waals surface area contributed by atoms with Gasteiger partial charge < -0.3 is 42.5 Å². The van der Waals surface area contributed by atoms with Crippen LogP contribution in [-0.4, -0.2) is 99.3 Å². The average molecular weight is 1800 g/mol. The molecule has 1 amide bonds. The summed E-state index contributed by atoms with van der Waals surface area (Å²) < 4.78 is 84.6. The van der Waals surface area contributed by atoms with Gasteiger partial charge in [0, 0.05) is 140 Å². The smallest absolute Gasteiger partial charge is 0.267 e. The van der Waals surface area contributed by atoms with Gasteiger partial charge in [-0.3, -0.25) is 29.7 Å². The first-order valence-corrected chi connectivity index (χ1v) is 46.3. The monoisotopic (exact) mass is 1800 g/mol. The molecule has 6 N–H and O–H groups in total. The van der Waals surface area contributed by atoms with Crippen LogP contribution in [0.1, 0.15) is 60.6 Å². The number of nitrogens with one attached hydrogen (secondary N) is 1. The largest absolute Gasteiger partial charge is 0.497 e. The van der Waals surface area contributed by atoms with Crippen LogP contribution in [0.15, 0.2) is 348 Å². The fourth-order valence-electron chi connectivity index (χ4n) is 16.6. The molecule has 10 heterocycles. The molecule has 0 unspecified atom stereocenters. The first-order chi connectivity index (χ1) is 63.7. The molecule has 20 rings (SSSR count). The molecule has 131 heavy (non-hydrogen) atoms. The molecule has 7 aromatic heterocycles. The fraction of sp³-hybridized carbons (Fsp3) is 0.133. The zero-order valence-electron chi connectivity index (χ0n) is 72.1. The van der Waals surface area contributed by atoms with Gasteiger partial charge in [0.1, 0.15) is 34.5 Å². The lowest BCUT2D eigenvalue weighted by Gasteiger charge is -2.23. The second kappa shape index (κ2) is 41.0. The highest BCUT2D eigenvalue weighted by Gasteiger charge is 2.28. The summed E-state index contributed by atoms with van der Waals surface area (Å²) in [5.74, 6) is 2.66. The molecule has 10 aromatic carbocycles. The number of carbonyl (C=O) groups is 2. The molecule has 0 radical (unpaired) electrons. The van der Waals surface area contributed by atoms with Gasteiger partial charge in [0.15, 0.2) is 17.8 Å². The summed E-state index contributed by atoms with van der Waals surface area (Å²) in [4.78, 5) is 43.8. The van der Waals surface area contributed by atoms with Crippen LogP contribution in [0.25, 0.3) is 83.3 Å². The molecule has 0 aliphatic carbocycles. The Morgan fingerprint density at radius 3 is 1.27 bits per heavy atom. The molecular formula is C105H94FN11O11S3. The van der Waals surface area contributed by atoms with E-state index in [2.05, 4.69) is 160 Å². The Morgan fingerprint density at radius 2 is 0.870 bits per heavy atom. The number of pyridine rings is 3. The summed E-state index contributed by atoms with van der Waals surface area (Å²) in [5, 5.41) is 23.3. The SMILES string of the molecule is COc1ccc(CN2CCc3cccc(-c4ccc(/C=C/C(=O)NO)cc4)c32)cc1.COc1ccc(Cn2ccc3ccnc(-c4ccc(C=O)o4)c32)cc1.COc1ccc(Cn2ccc3ccnc(-c4cccs4)c32)cc1.NS(=O)(=O)c1ccc(CN2CCc3cccc(-c4ccc(F)cc4)c32)cc1.NS(=O)(=O)c1ccc(CN2CCc3cccc(-c4ccncc4)c32)cc1. The molecule has 0 fully saturated rings. The van der Waals surface area contributed by atoms with Crippen molar-refractivity contribution in [1.82, 2.24) is 29.6 Å². The quantitative estimate of drug-likeness (QED) is 0.0200. The van der Waals surface area contributed by atoms with E-state index in [1.54, 1.807) is 111 Å². The zero-order chi connectivity index (χ0) is 91.0. The summed E-state index contributed by atoms with van der Waals surface area (Å²) in [6.45, 7) is 6.57. The number of para-hydroxylation sites is 3. The molecule has 17 aromatic rings. The molecular weight excluding hydrogens is 1710 g/mol. The van der Waals surface area contributed by atoms with E-state index in [1.807, 2.05) is 116 Å². The highest BCUT2D eigenvalue weighted by molar-refractivity contribution is 7.89. The van der Waals surface area contributed by atoms with E-state index in [0.717, 1.165) is 148 Å². The molecule has 0 atom stereocenters. The second-order valence-corrected chi connectivity index (χ2v) is 35.5. The highest BCUT2D eigenvalue weighted by Crippen LogP contribution is 2.43. The first-order valence-electron chi connectivity index (χ1n) is 42.3. The van der Waals surface area contributed by atoms with Crippen LogP contribution in [0.3, 0.4) is 0 Å². The molecule has 0 saturated carbocycles. The maximum absolute atomic E-state index is 13.3. The van der Waals surface area contributed by atoms with Gasteiger partial charge in [0.25, 0.3) is 5.91 Å². The lowest BCUT2D eigenvalue weighted by atomic mass is 9.99. The Balaban J connectivity index is 0.000000120. The van der Waals surface area contributed by atoms with Crippen LogP contribution in [-0.2, 0) is 76.8 Å². The van der Waals surface area contributed by atoms with Crippen molar-refractivity contribution in [2.24, 2.45) is 10.3 Å².